The van der Waals surface area contributed by atoms with E-state index in [9.17, 15) is 8.42 Å². The van der Waals surface area contributed by atoms with Crippen molar-refractivity contribution >= 4 is 27.2 Å². The third kappa shape index (κ3) is 2.11. The lowest BCUT2D eigenvalue weighted by Crippen LogP contribution is -1.97. The number of hydrogen-bond donors (Lipinski definition) is 1. The van der Waals surface area contributed by atoms with E-state index in [1.165, 1.54) is 18.5 Å². The summed E-state index contributed by atoms with van der Waals surface area (Å²) in [5.41, 5.74) is 1.42. The number of sulfone groups is 1. The Morgan fingerprint density at radius 2 is 2.16 bits per heavy atom. The molecule has 0 unspecified atom stereocenters. The molecule has 0 saturated carbocycles. The molecule has 0 atom stereocenters. The van der Waals surface area contributed by atoms with E-state index in [-0.39, 0.29) is 4.90 Å². The number of imidazole rings is 1. The Hall–Kier alpha value is -1.86. The van der Waals surface area contributed by atoms with Crippen molar-refractivity contribution in [3.63, 3.8) is 0 Å². The van der Waals surface area contributed by atoms with Gasteiger partial charge in [0.25, 0.3) is 0 Å². The predicted molar refractivity (Wildman–Crippen MR) is 70.9 cm³/mol. The molecule has 0 aliphatic carbocycles. The number of nitrogens with zero attached hydrogens (tertiary/aromatic N) is 3. The van der Waals surface area contributed by atoms with Crippen LogP contribution in [0.5, 0.6) is 0 Å². The maximum absolute atomic E-state index is 11.4. The number of nitrogens with one attached hydrogen (secondary N) is 1. The van der Waals surface area contributed by atoms with Gasteiger partial charge in [-0.25, -0.2) is 12.9 Å². The molecule has 0 aliphatic rings. The van der Waals surface area contributed by atoms with Gasteiger partial charge in [0.1, 0.15) is 6.33 Å². The number of hydrogen-bond acceptors (Lipinski definition) is 4. The molecular formula is C11H9ClN4O2S. The minimum atomic E-state index is -3.26. The van der Waals surface area contributed by atoms with Crippen LogP contribution in [-0.2, 0) is 9.84 Å². The average Bonchev–Trinajstić information content (AvgIpc) is 2.87. The summed E-state index contributed by atoms with van der Waals surface area (Å²) >= 11 is 6.13. The zero-order valence-electron chi connectivity index (χ0n) is 9.83. The molecule has 3 aromatic rings. The van der Waals surface area contributed by atoms with E-state index in [0.29, 0.717) is 16.4 Å². The van der Waals surface area contributed by atoms with Gasteiger partial charge in [-0.15, -0.1) is 0 Å². The molecule has 0 aliphatic heterocycles. The van der Waals surface area contributed by atoms with E-state index in [2.05, 4.69) is 15.1 Å². The lowest BCUT2D eigenvalue weighted by molar-refractivity contribution is 0.602. The first-order valence-corrected chi connectivity index (χ1v) is 7.60. The highest BCUT2D eigenvalue weighted by molar-refractivity contribution is 7.90. The molecule has 3 rings (SSSR count). The molecule has 98 valence electrons. The van der Waals surface area contributed by atoms with Crippen LogP contribution in [0.1, 0.15) is 0 Å². The number of aromatic nitrogens is 4. The first-order valence-electron chi connectivity index (χ1n) is 5.33. The van der Waals surface area contributed by atoms with Crippen LogP contribution in [0.25, 0.3) is 17.0 Å². The summed E-state index contributed by atoms with van der Waals surface area (Å²) in [5, 5.41) is 4.34. The topological polar surface area (TPSA) is 80.1 Å². The summed E-state index contributed by atoms with van der Waals surface area (Å²) in [6.07, 6.45) is 4.32. The molecule has 0 spiro atoms. The van der Waals surface area contributed by atoms with Crippen LogP contribution in [0.15, 0.2) is 35.6 Å². The Labute approximate surface area is 114 Å². The molecule has 1 N–H and O–H groups in total. The van der Waals surface area contributed by atoms with Crippen LogP contribution >= 0.6 is 11.6 Å². The quantitative estimate of drug-likeness (QED) is 0.781. The molecule has 2 aromatic heterocycles. The SMILES string of the molecule is CS(=O)(=O)c1ccc(-c2cn3ncnc3[nH]2)c(Cl)c1. The first-order chi connectivity index (χ1) is 8.95. The second-order valence-electron chi connectivity index (χ2n) is 4.11. The molecule has 2 heterocycles. The van der Waals surface area contributed by atoms with E-state index in [0.717, 1.165) is 11.9 Å². The predicted octanol–water partition coefficient (Wildman–Crippen LogP) is 1.78. The normalized spacial score (nSPS) is 12.1. The Balaban J connectivity index is 2.13. The molecule has 6 nitrogen and oxygen atoms in total. The third-order valence-corrected chi connectivity index (χ3v) is 4.15. The van der Waals surface area contributed by atoms with E-state index in [1.807, 2.05) is 0 Å². The van der Waals surface area contributed by atoms with Gasteiger partial charge in [0.2, 0.25) is 5.78 Å². The van der Waals surface area contributed by atoms with Crippen LogP contribution in [0.3, 0.4) is 0 Å². The van der Waals surface area contributed by atoms with Crippen LogP contribution in [0.4, 0.5) is 0 Å². The fourth-order valence-corrected chi connectivity index (χ4v) is 2.78. The van der Waals surface area contributed by atoms with Crippen molar-refractivity contribution in [2.24, 2.45) is 0 Å². The van der Waals surface area contributed by atoms with Crippen LogP contribution in [-0.4, -0.2) is 34.3 Å². The minimum absolute atomic E-state index is 0.190. The summed E-state index contributed by atoms with van der Waals surface area (Å²) in [5.74, 6) is 0.596. The lowest BCUT2D eigenvalue weighted by Gasteiger charge is -2.04. The highest BCUT2D eigenvalue weighted by Crippen LogP contribution is 2.29. The number of benzene rings is 1. The molecule has 0 saturated heterocycles. The highest BCUT2D eigenvalue weighted by atomic mass is 35.5. The molecule has 0 radical (unpaired) electrons. The zero-order valence-corrected chi connectivity index (χ0v) is 11.4. The van der Waals surface area contributed by atoms with Crippen LogP contribution in [0, 0.1) is 0 Å². The molecule has 19 heavy (non-hydrogen) atoms. The lowest BCUT2D eigenvalue weighted by atomic mass is 10.2. The fourth-order valence-electron chi connectivity index (χ4n) is 1.79. The van der Waals surface area contributed by atoms with Crippen molar-refractivity contribution in [2.75, 3.05) is 6.26 Å². The fraction of sp³-hybridized carbons (Fsp3) is 0.0909. The Kier molecular flexibility index (Phi) is 2.61. The van der Waals surface area contributed by atoms with Gasteiger partial charge < -0.3 is 4.98 Å². The van der Waals surface area contributed by atoms with Gasteiger partial charge in [-0.3, -0.25) is 0 Å². The standard InChI is InChI=1S/C11H9ClN4O2S/c1-19(17,18)7-2-3-8(9(12)4-7)10-5-16-11(15-10)13-6-14-16/h2-6H,1H3,(H,13,14,15). The smallest absolute Gasteiger partial charge is 0.230 e. The van der Waals surface area contributed by atoms with Gasteiger partial charge in [-0.05, 0) is 12.1 Å². The van der Waals surface area contributed by atoms with E-state index in [1.54, 1.807) is 16.8 Å². The van der Waals surface area contributed by atoms with E-state index < -0.39 is 9.84 Å². The zero-order chi connectivity index (χ0) is 13.6. The molecule has 0 fully saturated rings. The van der Waals surface area contributed by atoms with Gasteiger partial charge in [0.15, 0.2) is 9.84 Å². The minimum Gasteiger partial charge on any atom is -0.322 e. The Morgan fingerprint density at radius 3 is 2.79 bits per heavy atom. The largest absolute Gasteiger partial charge is 0.322 e. The summed E-state index contributed by atoms with van der Waals surface area (Å²) in [7, 11) is -3.26. The first kappa shape index (κ1) is 12.2. The van der Waals surface area contributed by atoms with Crippen molar-refractivity contribution in [3.8, 4) is 11.3 Å². The molecule has 0 amide bonds. The van der Waals surface area contributed by atoms with Gasteiger partial charge >= 0.3 is 0 Å². The van der Waals surface area contributed by atoms with Gasteiger partial charge in [0, 0.05) is 11.8 Å². The second kappa shape index (κ2) is 4.07. The van der Waals surface area contributed by atoms with Crippen LogP contribution < -0.4 is 0 Å². The van der Waals surface area contributed by atoms with Crippen molar-refractivity contribution < 1.29 is 8.42 Å². The van der Waals surface area contributed by atoms with Crippen molar-refractivity contribution in [3.05, 3.63) is 35.7 Å². The van der Waals surface area contributed by atoms with Gasteiger partial charge in [0.05, 0.1) is 21.8 Å². The number of H-pyrrole nitrogens is 1. The summed E-state index contributed by atoms with van der Waals surface area (Å²) < 4.78 is 24.5. The van der Waals surface area contributed by atoms with Gasteiger partial charge in [-0.2, -0.15) is 10.1 Å². The van der Waals surface area contributed by atoms with E-state index in [4.69, 9.17) is 11.6 Å². The van der Waals surface area contributed by atoms with E-state index >= 15 is 0 Å². The second-order valence-corrected chi connectivity index (χ2v) is 6.53. The monoisotopic (exact) mass is 296 g/mol. The summed E-state index contributed by atoms with van der Waals surface area (Å²) in [6.45, 7) is 0. The van der Waals surface area contributed by atoms with Crippen molar-refractivity contribution in [1.82, 2.24) is 19.6 Å². The summed E-state index contributed by atoms with van der Waals surface area (Å²) in [4.78, 5) is 7.25. The maximum Gasteiger partial charge on any atom is 0.230 e. The molecule has 8 heteroatoms. The van der Waals surface area contributed by atoms with Crippen molar-refractivity contribution in [1.29, 1.82) is 0 Å². The Bertz CT molecular complexity index is 837. The third-order valence-electron chi connectivity index (χ3n) is 2.73. The highest BCUT2D eigenvalue weighted by Gasteiger charge is 2.13. The maximum atomic E-state index is 11.4. The number of halogens is 1. The number of aromatic amines is 1. The number of fused-ring (bicyclic) bond motifs is 1. The molecule has 1 aromatic carbocycles. The molecular weight excluding hydrogens is 288 g/mol. The Morgan fingerprint density at radius 1 is 1.37 bits per heavy atom. The average molecular weight is 297 g/mol. The summed E-state index contributed by atoms with van der Waals surface area (Å²) in [6, 6.07) is 4.61. The number of rotatable bonds is 2. The van der Waals surface area contributed by atoms with Gasteiger partial charge in [-0.1, -0.05) is 17.7 Å². The molecule has 0 bridgehead atoms. The van der Waals surface area contributed by atoms with Crippen LogP contribution in [0.2, 0.25) is 5.02 Å². The van der Waals surface area contributed by atoms with Crippen molar-refractivity contribution in [2.45, 2.75) is 4.90 Å².